The average Bonchev–Trinajstić information content (AvgIpc) is 2.97. The van der Waals surface area contributed by atoms with E-state index in [1.54, 1.807) is 19.9 Å². The lowest BCUT2D eigenvalue weighted by Gasteiger charge is -2.06. The number of hydrogen-bond donors (Lipinski definition) is 2. The summed E-state index contributed by atoms with van der Waals surface area (Å²) >= 11 is 0. The van der Waals surface area contributed by atoms with Crippen LogP contribution in [0, 0.1) is 13.8 Å². The molecule has 0 fully saturated rings. The number of aliphatic hydroxyl groups excluding tert-OH is 1. The Hall–Kier alpha value is -1.71. The molecule has 0 aliphatic heterocycles. The van der Waals surface area contributed by atoms with E-state index in [1.807, 2.05) is 0 Å². The van der Waals surface area contributed by atoms with Gasteiger partial charge in [-0.25, -0.2) is 13.1 Å². The average molecular weight is 300 g/mol. The summed E-state index contributed by atoms with van der Waals surface area (Å²) in [4.78, 5) is 0.130. The smallest absolute Gasteiger partial charge is 0.244 e. The van der Waals surface area contributed by atoms with E-state index in [-0.39, 0.29) is 24.6 Å². The largest absolute Gasteiger partial charge is 0.394 e. The Morgan fingerprint density at radius 1 is 1.45 bits per heavy atom. The lowest BCUT2D eigenvalue weighted by Crippen LogP contribution is -2.24. The van der Waals surface area contributed by atoms with E-state index in [1.165, 1.54) is 10.9 Å². The third-order valence-corrected chi connectivity index (χ3v) is 4.48. The third kappa shape index (κ3) is 2.89. The number of hydrogen-bond acceptors (Lipinski definition) is 6. The van der Waals surface area contributed by atoms with E-state index in [4.69, 9.17) is 9.63 Å². The first-order chi connectivity index (χ1) is 9.45. The molecule has 0 aromatic carbocycles. The van der Waals surface area contributed by atoms with Crippen molar-refractivity contribution in [1.82, 2.24) is 19.7 Å². The SMILES string of the molecule is Cc1nn(CCO)c(C)c1S(=O)(=O)NCc1ccno1. The van der Waals surface area contributed by atoms with Crippen molar-refractivity contribution >= 4 is 10.0 Å². The Morgan fingerprint density at radius 3 is 2.80 bits per heavy atom. The molecular formula is C11H16N4O4S. The van der Waals surface area contributed by atoms with Gasteiger partial charge in [-0.3, -0.25) is 4.68 Å². The van der Waals surface area contributed by atoms with Gasteiger partial charge in [-0.15, -0.1) is 0 Å². The normalized spacial score (nSPS) is 11.9. The summed E-state index contributed by atoms with van der Waals surface area (Å²) in [5.41, 5.74) is 0.877. The molecule has 2 rings (SSSR count). The molecule has 110 valence electrons. The van der Waals surface area contributed by atoms with Crippen LogP contribution in [-0.2, 0) is 23.1 Å². The van der Waals surface area contributed by atoms with Gasteiger partial charge in [0.1, 0.15) is 4.90 Å². The predicted octanol–water partition coefficient (Wildman–Crippen LogP) is -0.0413. The van der Waals surface area contributed by atoms with Crippen LogP contribution in [0.1, 0.15) is 17.1 Å². The molecule has 9 heteroatoms. The van der Waals surface area contributed by atoms with Gasteiger partial charge < -0.3 is 9.63 Å². The van der Waals surface area contributed by atoms with E-state index in [0.29, 0.717) is 17.1 Å². The summed E-state index contributed by atoms with van der Waals surface area (Å²) in [7, 11) is -3.70. The monoisotopic (exact) mass is 300 g/mol. The van der Waals surface area contributed by atoms with Crippen LogP contribution in [0.15, 0.2) is 21.7 Å². The second-order valence-electron chi connectivity index (χ2n) is 4.25. The van der Waals surface area contributed by atoms with Crippen molar-refractivity contribution in [3.8, 4) is 0 Å². The highest BCUT2D eigenvalue weighted by atomic mass is 32.2. The van der Waals surface area contributed by atoms with Crippen molar-refractivity contribution in [3.05, 3.63) is 29.4 Å². The Morgan fingerprint density at radius 2 is 2.20 bits per heavy atom. The topological polar surface area (TPSA) is 110 Å². The molecule has 0 saturated carbocycles. The van der Waals surface area contributed by atoms with Crippen LogP contribution < -0.4 is 4.72 Å². The number of nitrogens with one attached hydrogen (secondary N) is 1. The van der Waals surface area contributed by atoms with Crippen LogP contribution >= 0.6 is 0 Å². The van der Waals surface area contributed by atoms with E-state index < -0.39 is 10.0 Å². The van der Waals surface area contributed by atoms with E-state index in [9.17, 15) is 8.42 Å². The fourth-order valence-corrected chi connectivity index (χ4v) is 3.35. The zero-order valence-corrected chi connectivity index (χ0v) is 12.0. The molecule has 0 atom stereocenters. The van der Waals surface area contributed by atoms with Crippen molar-refractivity contribution in [1.29, 1.82) is 0 Å². The maximum atomic E-state index is 12.3. The van der Waals surface area contributed by atoms with Gasteiger partial charge in [-0.05, 0) is 13.8 Å². The summed E-state index contributed by atoms with van der Waals surface area (Å²) in [6, 6.07) is 1.58. The fraction of sp³-hybridized carbons (Fsp3) is 0.455. The highest BCUT2D eigenvalue weighted by Gasteiger charge is 2.24. The lowest BCUT2D eigenvalue weighted by atomic mass is 10.4. The first-order valence-electron chi connectivity index (χ1n) is 6.00. The predicted molar refractivity (Wildman–Crippen MR) is 69.3 cm³/mol. The standard InChI is InChI=1S/C11H16N4O4S/c1-8-11(9(2)15(14-8)5-6-16)20(17,18)13-7-10-3-4-12-19-10/h3-4,13,16H,5-7H2,1-2H3. The van der Waals surface area contributed by atoms with Crippen molar-refractivity contribution in [2.45, 2.75) is 31.8 Å². The zero-order chi connectivity index (χ0) is 14.8. The highest BCUT2D eigenvalue weighted by molar-refractivity contribution is 7.89. The fourth-order valence-electron chi connectivity index (χ4n) is 1.95. The molecule has 2 aromatic rings. The van der Waals surface area contributed by atoms with Crippen LogP contribution in [0.4, 0.5) is 0 Å². The number of aryl methyl sites for hydroxylation is 1. The van der Waals surface area contributed by atoms with Gasteiger partial charge >= 0.3 is 0 Å². The van der Waals surface area contributed by atoms with Crippen molar-refractivity contribution in [2.24, 2.45) is 0 Å². The molecule has 0 saturated heterocycles. The molecule has 2 heterocycles. The molecule has 2 N–H and O–H groups in total. The van der Waals surface area contributed by atoms with Crippen LogP contribution in [0.25, 0.3) is 0 Å². The minimum atomic E-state index is -3.70. The molecule has 0 unspecified atom stereocenters. The Labute approximate surface area is 116 Å². The summed E-state index contributed by atoms with van der Waals surface area (Å²) in [6.45, 7) is 3.44. The first kappa shape index (κ1) is 14.7. The number of nitrogens with zero attached hydrogens (tertiary/aromatic N) is 3. The molecule has 0 bridgehead atoms. The van der Waals surface area contributed by atoms with E-state index in [0.717, 1.165) is 0 Å². The molecule has 0 aliphatic carbocycles. The third-order valence-electron chi connectivity index (χ3n) is 2.82. The van der Waals surface area contributed by atoms with Gasteiger partial charge in [0.05, 0.1) is 37.3 Å². The highest BCUT2D eigenvalue weighted by Crippen LogP contribution is 2.19. The maximum Gasteiger partial charge on any atom is 0.244 e. The molecular weight excluding hydrogens is 284 g/mol. The molecule has 0 aliphatic rings. The van der Waals surface area contributed by atoms with Gasteiger partial charge in [0, 0.05) is 6.07 Å². The van der Waals surface area contributed by atoms with Crippen molar-refractivity contribution in [2.75, 3.05) is 6.61 Å². The zero-order valence-electron chi connectivity index (χ0n) is 11.2. The molecule has 2 aromatic heterocycles. The minimum Gasteiger partial charge on any atom is -0.394 e. The van der Waals surface area contributed by atoms with Crippen LogP contribution in [-0.4, -0.2) is 35.1 Å². The Bertz CT molecular complexity index is 676. The minimum absolute atomic E-state index is 0.0202. The van der Waals surface area contributed by atoms with Gasteiger partial charge in [0.2, 0.25) is 10.0 Å². The van der Waals surface area contributed by atoms with Crippen molar-refractivity contribution in [3.63, 3.8) is 0 Å². The second-order valence-corrected chi connectivity index (χ2v) is 5.95. The summed E-state index contributed by atoms with van der Waals surface area (Å²) in [5.74, 6) is 0.423. The molecule has 8 nitrogen and oxygen atoms in total. The van der Waals surface area contributed by atoms with Crippen molar-refractivity contribution < 1.29 is 18.0 Å². The van der Waals surface area contributed by atoms with Gasteiger partial charge in [-0.2, -0.15) is 5.10 Å². The van der Waals surface area contributed by atoms with E-state index in [2.05, 4.69) is 15.0 Å². The van der Waals surface area contributed by atoms with E-state index >= 15 is 0 Å². The number of sulfonamides is 1. The molecule has 20 heavy (non-hydrogen) atoms. The molecule has 0 radical (unpaired) electrons. The molecule has 0 spiro atoms. The summed E-state index contributed by atoms with van der Waals surface area (Å²) < 4.78 is 33.3. The van der Waals surface area contributed by atoms with Gasteiger partial charge in [0.15, 0.2) is 5.76 Å². The lowest BCUT2D eigenvalue weighted by molar-refractivity contribution is 0.267. The number of aliphatic hydroxyl groups is 1. The molecule has 0 amide bonds. The Kier molecular flexibility index (Phi) is 4.21. The van der Waals surface area contributed by atoms with Gasteiger partial charge in [0.25, 0.3) is 0 Å². The van der Waals surface area contributed by atoms with Gasteiger partial charge in [-0.1, -0.05) is 5.16 Å². The van der Waals surface area contributed by atoms with Crippen LogP contribution in [0.5, 0.6) is 0 Å². The maximum absolute atomic E-state index is 12.3. The van der Waals surface area contributed by atoms with Crippen LogP contribution in [0.2, 0.25) is 0 Å². The summed E-state index contributed by atoms with van der Waals surface area (Å²) in [5, 5.41) is 16.5. The quantitative estimate of drug-likeness (QED) is 0.774. The second kappa shape index (κ2) is 5.73. The number of aromatic nitrogens is 3. The number of rotatable bonds is 6. The first-order valence-corrected chi connectivity index (χ1v) is 7.48. The Balaban J connectivity index is 2.25. The summed E-state index contributed by atoms with van der Waals surface area (Å²) in [6.07, 6.45) is 1.44. The van der Waals surface area contributed by atoms with Crippen LogP contribution in [0.3, 0.4) is 0 Å².